The third-order valence-corrected chi connectivity index (χ3v) is 22.8. The maximum absolute atomic E-state index is 6.16. The van der Waals surface area contributed by atoms with Crippen LogP contribution < -0.4 is 0 Å². The molecule has 0 saturated heterocycles. The standard InChI is InChI=1S/C106H68N6/c1-8-31-69(32-9-1)100-101(70-33-10-2-11-34-70)103(72-37-14-4-15-38-72)105(104(73-39-16-5-17-40-73)102(100)71-35-12-3-13-36-71)91-68-90(107-106(108-91)112-95-54-29-25-50-85(95)89-67-77(58-62-99(89)112)75-56-60-97-87(65-75)83-48-23-27-52-93(83)110(97)80-44-20-7-21-45-80)78-41-30-46-81(63-78)111-94-53-28-24-49-84(94)88-66-76(57-61-98(88)111)74-55-59-96-86(64-74)82-47-22-26-51-92(82)109(96)79-42-18-6-19-43-79/h1-68H. The fourth-order valence-electron chi connectivity index (χ4n) is 17.9. The number of nitrogens with zero attached hydrogens (tertiary/aromatic N) is 6. The average Bonchev–Trinajstić information content (AvgIpc) is 1.11. The lowest BCUT2D eigenvalue weighted by Crippen LogP contribution is -2.07. The quantitative estimate of drug-likeness (QED) is 0.115. The van der Waals surface area contributed by atoms with Crippen molar-refractivity contribution in [1.29, 1.82) is 0 Å². The molecular weight excluding hydrogens is 1360 g/mol. The van der Waals surface area contributed by atoms with Crippen LogP contribution in [0.25, 0.3) is 211 Å². The van der Waals surface area contributed by atoms with Crippen molar-refractivity contribution in [2.45, 2.75) is 0 Å². The topological polar surface area (TPSA) is 45.5 Å². The summed E-state index contributed by atoms with van der Waals surface area (Å²) < 4.78 is 9.51. The third kappa shape index (κ3) is 10.5. The Morgan fingerprint density at radius 3 is 0.741 bits per heavy atom. The summed E-state index contributed by atoms with van der Waals surface area (Å²) in [6, 6.07) is 151. The Hall–Kier alpha value is -15.0. The molecule has 0 atom stereocenters. The van der Waals surface area contributed by atoms with Gasteiger partial charge in [-0.2, -0.15) is 0 Å². The second-order valence-corrected chi connectivity index (χ2v) is 29.1. The molecule has 5 heterocycles. The molecule has 5 aromatic heterocycles. The maximum Gasteiger partial charge on any atom is 0.235 e. The van der Waals surface area contributed by atoms with Crippen molar-refractivity contribution >= 4 is 87.2 Å². The molecule has 6 heteroatoms. The molecule has 0 aliphatic carbocycles. The molecule has 0 fully saturated rings. The average molecular weight is 1430 g/mol. The highest BCUT2D eigenvalue weighted by molar-refractivity contribution is 6.18. The van der Waals surface area contributed by atoms with Crippen LogP contribution in [0.1, 0.15) is 0 Å². The predicted octanol–water partition coefficient (Wildman–Crippen LogP) is 27.9. The number of hydrogen-bond donors (Lipinski definition) is 0. The summed E-state index contributed by atoms with van der Waals surface area (Å²) in [4.78, 5) is 12.1. The van der Waals surface area contributed by atoms with Crippen molar-refractivity contribution in [3.63, 3.8) is 0 Å². The summed E-state index contributed by atoms with van der Waals surface area (Å²) in [6.45, 7) is 0. The largest absolute Gasteiger partial charge is 0.309 e. The number of benzene rings is 17. The van der Waals surface area contributed by atoms with Gasteiger partial charge in [-0.15, -0.1) is 0 Å². The molecule has 0 amide bonds. The molecule has 0 N–H and O–H groups in total. The molecule has 0 saturated carbocycles. The van der Waals surface area contributed by atoms with E-state index < -0.39 is 0 Å². The van der Waals surface area contributed by atoms with E-state index in [1.165, 1.54) is 54.4 Å². The molecule has 0 aliphatic rings. The Morgan fingerprint density at radius 1 is 0.143 bits per heavy atom. The van der Waals surface area contributed by atoms with Crippen LogP contribution in [0.4, 0.5) is 0 Å². The lowest BCUT2D eigenvalue weighted by molar-refractivity contribution is 0.995. The highest BCUT2D eigenvalue weighted by Crippen LogP contribution is 2.56. The molecule has 6 nitrogen and oxygen atoms in total. The summed E-state index contributed by atoms with van der Waals surface area (Å²) in [5, 5.41) is 9.41. The van der Waals surface area contributed by atoms with Crippen molar-refractivity contribution in [2.75, 3.05) is 0 Å². The van der Waals surface area contributed by atoms with Gasteiger partial charge < -0.3 is 13.7 Å². The van der Waals surface area contributed by atoms with E-state index in [-0.39, 0.29) is 0 Å². The van der Waals surface area contributed by atoms with Gasteiger partial charge in [-0.05, 0) is 182 Å². The Balaban J connectivity index is 0.793. The van der Waals surface area contributed by atoms with Gasteiger partial charge in [-0.25, -0.2) is 9.97 Å². The summed E-state index contributed by atoms with van der Waals surface area (Å²) in [7, 11) is 0. The van der Waals surface area contributed by atoms with E-state index in [2.05, 4.69) is 431 Å². The molecule has 0 bridgehead atoms. The van der Waals surface area contributed by atoms with Crippen molar-refractivity contribution in [1.82, 2.24) is 28.2 Å². The van der Waals surface area contributed by atoms with Crippen LogP contribution in [0.15, 0.2) is 413 Å². The van der Waals surface area contributed by atoms with E-state index in [1.807, 2.05) is 0 Å². The highest BCUT2D eigenvalue weighted by atomic mass is 15.2. The van der Waals surface area contributed by atoms with Crippen molar-refractivity contribution in [2.24, 2.45) is 0 Å². The number of para-hydroxylation sites is 6. The van der Waals surface area contributed by atoms with Gasteiger partial charge in [0.1, 0.15) is 0 Å². The molecule has 0 radical (unpaired) electrons. The van der Waals surface area contributed by atoms with Crippen LogP contribution in [-0.4, -0.2) is 28.2 Å². The monoisotopic (exact) mass is 1420 g/mol. The summed E-state index contributed by atoms with van der Waals surface area (Å²) >= 11 is 0. The van der Waals surface area contributed by atoms with Gasteiger partial charge in [0.2, 0.25) is 5.95 Å². The van der Waals surface area contributed by atoms with E-state index in [9.17, 15) is 0 Å². The summed E-state index contributed by atoms with van der Waals surface area (Å²) in [5.74, 6) is 0.548. The normalized spacial score (nSPS) is 11.8. The zero-order valence-electron chi connectivity index (χ0n) is 60.9. The summed E-state index contributed by atoms with van der Waals surface area (Å²) in [6.07, 6.45) is 0. The lowest BCUT2D eigenvalue weighted by Gasteiger charge is -2.28. The van der Waals surface area contributed by atoms with Gasteiger partial charge in [0.15, 0.2) is 0 Å². The maximum atomic E-state index is 6.16. The number of rotatable bonds is 13. The molecule has 22 rings (SSSR count). The van der Waals surface area contributed by atoms with Crippen LogP contribution in [0, 0.1) is 0 Å². The fraction of sp³-hybridized carbons (Fsp3) is 0. The Labute approximate surface area is 647 Å². The number of hydrogen-bond acceptors (Lipinski definition) is 2. The minimum Gasteiger partial charge on any atom is -0.309 e. The van der Waals surface area contributed by atoms with Crippen molar-refractivity contribution < 1.29 is 0 Å². The number of fused-ring (bicyclic) bond motifs is 12. The Kier molecular flexibility index (Phi) is 15.2. The molecule has 22 aromatic rings. The first-order valence-corrected chi connectivity index (χ1v) is 38.4. The van der Waals surface area contributed by atoms with Crippen molar-refractivity contribution in [3.05, 3.63) is 413 Å². The fourth-order valence-corrected chi connectivity index (χ4v) is 17.9. The third-order valence-electron chi connectivity index (χ3n) is 22.8. The van der Waals surface area contributed by atoms with Crippen LogP contribution in [0.5, 0.6) is 0 Å². The van der Waals surface area contributed by atoms with Gasteiger partial charge in [-0.1, -0.05) is 297 Å². The molecule has 0 aliphatic heterocycles. The Morgan fingerprint density at radius 2 is 0.393 bits per heavy atom. The zero-order chi connectivity index (χ0) is 73.7. The summed E-state index contributed by atoms with van der Waals surface area (Å²) in [5.41, 5.74) is 31.1. The van der Waals surface area contributed by atoms with Gasteiger partial charge in [0.05, 0.1) is 55.5 Å². The Bertz CT molecular complexity index is 7340. The van der Waals surface area contributed by atoms with Gasteiger partial charge in [0, 0.05) is 82.4 Å². The zero-order valence-corrected chi connectivity index (χ0v) is 60.9. The van der Waals surface area contributed by atoms with E-state index in [0.29, 0.717) is 5.95 Å². The first-order valence-electron chi connectivity index (χ1n) is 38.4. The molecule has 17 aromatic carbocycles. The van der Waals surface area contributed by atoms with Gasteiger partial charge >= 0.3 is 0 Å². The van der Waals surface area contributed by atoms with Gasteiger partial charge in [-0.3, -0.25) is 4.57 Å². The van der Waals surface area contributed by atoms with E-state index in [1.54, 1.807) is 0 Å². The second-order valence-electron chi connectivity index (χ2n) is 29.1. The van der Waals surface area contributed by atoms with Crippen LogP contribution in [-0.2, 0) is 0 Å². The SMILES string of the molecule is c1ccc(-c2c(-c3ccccc3)c(-c3ccccc3)c(-c3cc(-c4cccc(-n5c6ccccc6c6cc(-c7ccc8c(c7)c7ccccc7n8-c7ccccc7)ccc65)c4)nc(-n4c5ccccc5c5cc(-c6ccc7c(c6)c6ccccc6n7-c6ccccc6)ccc54)n3)c(-c3ccccc3)c2-c2ccccc2)cc1. The minimum atomic E-state index is 0.548. The predicted molar refractivity (Wildman–Crippen MR) is 468 cm³/mol. The van der Waals surface area contributed by atoms with Crippen LogP contribution >= 0.6 is 0 Å². The molecule has 112 heavy (non-hydrogen) atoms. The molecule has 0 spiro atoms. The minimum absolute atomic E-state index is 0.548. The smallest absolute Gasteiger partial charge is 0.235 e. The van der Waals surface area contributed by atoms with E-state index in [0.717, 1.165) is 150 Å². The molecule has 0 unspecified atom stereocenters. The van der Waals surface area contributed by atoms with Crippen molar-refractivity contribution in [3.8, 4) is 123 Å². The first kappa shape index (κ1) is 64.2. The number of aromatic nitrogens is 6. The van der Waals surface area contributed by atoms with E-state index in [4.69, 9.17) is 9.97 Å². The lowest BCUT2D eigenvalue weighted by atomic mass is 9.75. The second kappa shape index (κ2) is 26.5. The van der Waals surface area contributed by atoms with E-state index >= 15 is 0 Å². The van der Waals surface area contributed by atoms with Gasteiger partial charge in [0.25, 0.3) is 0 Å². The first-order chi connectivity index (χ1) is 55.6. The molecular formula is C106H68N6. The highest BCUT2D eigenvalue weighted by Gasteiger charge is 2.32. The van der Waals surface area contributed by atoms with Crippen LogP contribution in [0.2, 0.25) is 0 Å². The van der Waals surface area contributed by atoms with Crippen LogP contribution in [0.3, 0.4) is 0 Å². The molecule has 522 valence electrons.